The highest BCUT2D eigenvalue weighted by Crippen LogP contribution is 2.24. The second-order valence-corrected chi connectivity index (χ2v) is 4.51. The minimum atomic E-state index is -0.319. The molecule has 0 atom stereocenters. The van der Waals surface area contributed by atoms with Crippen LogP contribution in [0.25, 0.3) is 10.9 Å². The first-order valence-electron chi connectivity index (χ1n) is 6.52. The Kier molecular flexibility index (Phi) is 4.22. The van der Waals surface area contributed by atoms with E-state index in [2.05, 4.69) is 13.0 Å². The SMILES string of the molecule is CCc1ccc2c(c1)c(C(=O)OC)cn2CCCO. The van der Waals surface area contributed by atoms with Crippen molar-refractivity contribution in [3.63, 3.8) is 0 Å². The molecule has 4 nitrogen and oxygen atoms in total. The third kappa shape index (κ3) is 2.63. The van der Waals surface area contributed by atoms with E-state index in [-0.39, 0.29) is 12.6 Å². The minimum absolute atomic E-state index is 0.139. The van der Waals surface area contributed by atoms with Gasteiger partial charge in [-0.2, -0.15) is 0 Å². The van der Waals surface area contributed by atoms with Gasteiger partial charge < -0.3 is 14.4 Å². The maximum atomic E-state index is 11.8. The van der Waals surface area contributed by atoms with E-state index < -0.39 is 0 Å². The molecule has 0 aliphatic carbocycles. The molecule has 1 N–H and O–H groups in total. The van der Waals surface area contributed by atoms with Crippen molar-refractivity contribution in [2.75, 3.05) is 13.7 Å². The zero-order chi connectivity index (χ0) is 13.8. The van der Waals surface area contributed by atoms with Gasteiger partial charge in [0, 0.05) is 30.3 Å². The molecule has 0 radical (unpaired) electrons. The summed E-state index contributed by atoms with van der Waals surface area (Å²) in [5.41, 5.74) is 2.79. The molecule has 0 bridgehead atoms. The highest BCUT2D eigenvalue weighted by molar-refractivity contribution is 6.04. The van der Waals surface area contributed by atoms with E-state index in [1.807, 2.05) is 22.9 Å². The number of methoxy groups -OCH3 is 1. The average molecular weight is 261 g/mol. The Morgan fingerprint density at radius 1 is 1.42 bits per heavy atom. The summed E-state index contributed by atoms with van der Waals surface area (Å²) >= 11 is 0. The molecule has 0 saturated carbocycles. The number of hydrogen-bond acceptors (Lipinski definition) is 3. The third-order valence-electron chi connectivity index (χ3n) is 3.32. The van der Waals surface area contributed by atoms with Gasteiger partial charge in [-0.25, -0.2) is 4.79 Å². The molecular weight excluding hydrogens is 242 g/mol. The Balaban J connectivity index is 2.55. The van der Waals surface area contributed by atoms with Gasteiger partial charge in [-0.15, -0.1) is 0 Å². The van der Waals surface area contributed by atoms with Crippen LogP contribution in [0.4, 0.5) is 0 Å². The van der Waals surface area contributed by atoms with Crippen molar-refractivity contribution in [1.29, 1.82) is 0 Å². The number of esters is 1. The van der Waals surface area contributed by atoms with Crippen molar-refractivity contribution in [3.8, 4) is 0 Å². The standard InChI is InChI=1S/C15H19NO3/c1-3-11-5-6-14-12(9-11)13(15(18)19-2)10-16(14)7-4-8-17/h5-6,9-10,17H,3-4,7-8H2,1-2H3. The van der Waals surface area contributed by atoms with Gasteiger partial charge in [0.1, 0.15) is 0 Å². The molecule has 4 heteroatoms. The van der Waals surface area contributed by atoms with Crippen LogP contribution in [-0.4, -0.2) is 29.4 Å². The molecule has 2 rings (SSSR count). The van der Waals surface area contributed by atoms with Crippen LogP contribution in [-0.2, 0) is 17.7 Å². The van der Waals surface area contributed by atoms with Crippen LogP contribution >= 0.6 is 0 Å². The average Bonchev–Trinajstić information content (AvgIpc) is 2.82. The van der Waals surface area contributed by atoms with Crippen LogP contribution in [0.1, 0.15) is 29.3 Å². The first-order valence-corrected chi connectivity index (χ1v) is 6.52. The van der Waals surface area contributed by atoms with Gasteiger partial charge in [-0.1, -0.05) is 13.0 Å². The monoisotopic (exact) mass is 261 g/mol. The van der Waals surface area contributed by atoms with E-state index in [0.29, 0.717) is 18.5 Å². The van der Waals surface area contributed by atoms with E-state index >= 15 is 0 Å². The number of nitrogens with zero attached hydrogens (tertiary/aromatic N) is 1. The zero-order valence-corrected chi connectivity index (χ0v) is 11.3. The first kappa shape index (κ1) is 13.6. The van der Waals surface area contributed by atoms with Crippen molar-refractivity contribution in [1.82, 2.24) is 4.57 Å². The fraction of sp³-hybridized carbons (Fsp3) is 0.400. The predicted molar refractivity (Wildman–Crippen MR) is 74.4 cm³/mol. The number of aryl methyl sites for hydroxylation is 2. The summed E-state index contributed by atoms with van der Waals surface area (Å²) in [5, 5.41) is 9.86. The number of ether oxygens (including phenoxy) is 1. The molecule has 2 aromatic rings. The van der Waals surface area contributed by atoms with Crippen molar-refractivity contribution in [2.24, 2.45) is 0 Å². The van der Waals surface area contributed by atoms with E-state index in [1.54, 1.807) is 0 Å². The maximum Gasteiger partial charge on any atom is 0.340 e. The molecule has 1 aromatic heterocycles. The predicted octanol–water partition coefficient (Wildman–Crippen LogP) is 2.37. The molecule has 0 spiro atoms. The van der Waals surface area contributed by atoms with Gasteiger partial charge in [0.05, 0.1) is 12.7 Å². The van der Waals surface area contributed by atoms with Gasteiger partial charge in [0.2, 0.25) is 0 Å². The van der Waals surface area contributed by atoms with Gasteiger partial charge in [-0.05, 0) is 30.5 Å². The summed E-state index contributed by atoms with van der Waals surface area (Å²) in [7, 11) is 1.39. The topological polar surface area (TPSA) is 51.5 Å². The second-order valence-electron chi connectivity index (χ2n) is 4.51. The number of rotatable bonds is 5. The zero-order valence-electron chi connectivity index (χ0n) is 11.3. The normalized spacial score (nSPS) is 10.9. The number of benzene rings is 1. The lowest BCUT2D eigenvalue weighted by atomic mass is 10.1. The van der Waals surface area contributed by atoms with Crippen molar-refractivity contribution >= 4 is 16.9 Å². The Hall–Kier alpha value is -1.81. The minimum Gasteiger partial charge on any atom is -0.465 e. The van der Waals surface area contributed by atoms with E-state index in [4.69, 9.17) is 9.84 Å². The summed E-state index contributed by atoms with van der Waals surface area (Å²) < 4.78 is 6.83. The Morgan fingerprint density at radius 3 is 2.84 bits per heavy atom. The quantitative estimate of drug-likeness (QED) is 0.841. The van der Waals surface area contributed by atoms with E-state index in [0.717, 1.165) is 17.3 Å². The Labute approximate surface area is 112 Å². The molecular formula is C15H19NO3. The lowest BCUT2D eigenvalue weighted by Crippen LogP contribution is -2.01. The highest BCUT2D eigenvalue weighted by atomic mass is 16.5. The largest absolute Gasteiger partial charge is 0.465 e. The Bertz CT molecular complexity index is 586. The number of fused-ring (bicyclic) bond motifs is 1. The molecule has 0 aliphatic heterocycles. The van der Waals surface area contributed by atoms with E-state index in [1.165, 1.54) is 12.7 Å². The summed E-state index contributed by atoms with van der Waals surface area (Å²) in [6.07, 6.45) is 3.41. The molecule has 1 heterocycles. The third-order valence-corrected chi connectivity index (χ3v) is 3.32. The molecule has 1 aromatic carbocycles. The smallest absolute Gasteiger partial charge is 0.340 e. The molecule has 0 unspecified atom stereocenters. The van der Waals surface area contributed by atoms with Crippen LogP contribution in [0.2, 0.25) is 0 Å². The number of aromatic nitrogens is 1. The number of hydrogen-bond donors (Lipinski definition) is 1. The van der Waals surface area contributed by atoms with Gasteiger partial charge >= 0.3 is 5.97 Å². The molecule has 19 heavy (non-hydrogen) atoms. The van der Waals surface area contributed by atoms with E-state index in [9.17, 15) is 4.79 Å². The summed E-state index contributed by atoms with van der Waals surface area (Å²) in [4.78, 5) is 11.8. The second kappa shape index (κ2) is 5.89. The van der Waals surface area contributed by atoms with Gasteiger partial charge in [0.25, 0.3) is 0 Å². The molecule has 102 valence electrons. The highest BCUT2D eigenvalue weighted by Gasteiger charge is 2.15. The van der Waals surface area contributed by atoms with Gasteiger partial charge in [-0.3, -0.25) is 0 Å². The fourth-order valence-electron chi connectivity index (χ4n) is 2.26. The maximum absolute atomic E-state index is 11.8. The lowest BCUT2D eigenvalue weighted by Gasteiger charge is -2.04. The van der Waals surface area contributed by atoms with Crippen LogP contribution in [0.15, 0.2) is 24.4 Å². The van der Waals surface area contributed by atoms with Crippen molar-refractivity contribution in [3.05, 3.63) is 35.5 Å². The summed E-state index contributed by atoms with van der Waals surface area (Å²) in [6.45, 7) is 2.91. The Morgan fingerprint density at radius 2 is 2.21 bits per heavy atom. The van der Waals surface area contributed by atoms with Crippen LogP contribution in [0.5, 0.6) is 0 Å². The fourth-order valence-corrected chi connectivity index (χ4v) is 2.26. The molecule has 0 aliphatic rings. The van der Waals surface area contributed by atoms with Crippen LogP contribution in [0.3, 0.4) is 0 Å². The molecule has 0 saturated heterocycles. The van der Waals surface area contributed by atoms with Crippen molar-refractivity contribution in [2.45, 2.75) is 26.3 Å². The summed E-state index contributed by atoms with van der Waals surface area (Å²) in [5.74, 6) is -0.319. The molecule has 0 fully saturated rings. The van der Waals surface area contributed by atoms with Crippen molar-refractivity contribution < 1.29 is 14.6 Å². The molecule has 0 amide bonds. The summed E-state index contributed by atoms with van der Waals surface area (Å²) in [6, 6.07) is 6.13. The number of carbonyl (C=O) groups is 1. The van der Waals surface area contributed by atoms with Gasteiger partial charge in [0.15, 0.2) is 0 Å². The number of aliphatic hydroxyl groups is 1. The lowest BCUT2D eigenvalue weighted by molar-refractivity contribution is 0.0602. The number of carbonyl (C=O) groups excluding carboxylic acids is 1. The number of aliphatic hydroxyl groups excluding tert-OH is 1. The van der Waals surface area contributed by atoms with Crippen LogP contribution < -0.4 is 0 Å². The first-order chi connectivity index (χ1) is 9.21. The van der Waals surface area contributed by atoms with Crippen LogP contribution in [0, 0.1) is 0 Å².